The SMILES string of the molecule is CCc1ocnc1C(=O)NC(CC)(C(=O)O)c1ccc(Cl)cc1. The van der Waals surface area contributed by atoms with Crippen LogP contribution in [0.1, 0.15) is 42.1 Å². The van der Waals surface area contributed by atoms with Gasteiger partial charge in [-0.25, -0.2) is 9.78 Å². The summed E-state index contributed by atoms with van der Waals surface area (Å²) < 4.78 is 5.13. The summed E-state index contributed by atoms with van der Waals surface area (Å²) in [5.41, 5.74) is -1.03. The third-order valence-electron chi connectivity index (χ3n) is 3.74. The quantitative estimate of drug-likeness (QED) is 0.845. The number of rotatable bonds is 6. The van der Waals surface area contributed by atoms with Gasteiger partial charge in [0.25, 0.3) is 5.91 Å². The zero-order valence-electron chi connectivity index (χ0n) is 12.8. The van der Waals surface area contributed by atoms with Crippen molar-refractivity contribution in [1.82, 2.24) is 10.3 Å². The first kappa shape index (κ1) is 17.0. The molecule has 2 N–H and O–H groups in total. The highest BCUT2D eigenvalue weighted by atomic mass is 35.5. The van der Waals surface area contributed by atoms with Gasteiger partial charge in [0.15, 0.2) is 17.6 Å². The van der Waals surface area contributed by atoms with Gasteiger partial charge in [-0.3, -0.25) is 4.79 Å². The molecule has 122 valence electrons. The topological polar surface area (TPSA) is 92.4 Å². The van der Waals surface area contributed by atoms with E-state index < -0.39 is 17.4 Å². The zero-order chi connectivity index (χ0) is 17.0. The molecule has 0 aliphatic rings. The number of aryl methyl sites for hydroxylation is 1. The lowest BCUT2D eigenvalue weighted by atomic mass is 9.87. The average Bonchev–Trinajstić information content (AvgIpc) is 3.02. The van der Waals surface area contributed by atoms with Crippen molar-refractivity contribution >= 4 is 23.5 Å². The number of hydrogen-bond donors (Lipinski definition) is 2. The van der Waals surface area contributed by atoms with Crippen LogP contribution in [-0.2, 0) is 16.8 Å². The highest BCUT2D eigenvalue weighted by Gasteiger charge is 2.41. The van der Waals surface area contributed by atoms with Crippen LogP contribution in [-0.4, -0.2) is 22.0 Å². The van der Waals surface area contributed by atoms with E-state index in [1.807, 2.05) is 6.92 Å². The molecule has 0 aliphatic carbocycles. The Kier molecular flexibility index (Phi) is 5.05. The van der Waals surface area contributed by atoms with Crippen molar-refractivity contribution in [3.8, 4) is 0 Å². The maximum atomic E-state index is 12.5. The van der Waals surface area contributed by atoms with Gasteiger partial charge in [0.05, 0.1) is 0 Å². The first-order valence-corrected chi connectivity index (χ1v) is 7.56. The van der Waals surface area contributed by atoms with Gasteiger partial charge in [-0.05, 0) is 24.1 Å². The molecule has 0 bridgehead atoms. The molecule has 1 aromatic heterocycles. The molecule has 2 aromatic rings. The smallest absolute Gasteiger partial charge is 0.334 e. The molecule has 0 spiro atoms. The fraction of sp³-hybridized carbons (Fsp3) is 0.312. The standard InChI is InChI=1S/C16H17ClN2O4/c1-3-12-13(18-9-23-12)14(20)19-16(4-2,15(21)22)10-5-7-11(17)8-6-10/h5-9H,3-4H2,1-2H3,(H,19,20)(H,21,22). The van der Waals surface area contributed by atoms with E-state index in [9.17, 15) is 14.7 Å². The van der Waals surface area contributed by atoms with Crippen LogP contribution >= 0.6 is 11.6 Å². The monoisotopic (exact) mass is 336 g/mol. The number of carbonyl (C=O) groups excluding carboxylic acids is 1. The Morgan fingerprint density at radius 3 is 2.48 bits per heavy atom. The molecule has 0 fully saturated rings. The number of carboxylic acid groups (broad SMARTS) is 1. The second kappa shape index (κ2) is 6.83. The van der Waals surface area contributed by atoms with E-state index in [0.29, 0.717) is 22.8 Å². The maximum Gasteiger partial charge on any atom is 0.334 e. The van der Waals surface area contributed by atoms with Crippen molar-refractivity contribution in [2.24, 2.45) is 0 Å². The van der Waals surface area contributed by atoms with Gasteiger partial charge in [-0.15, -0.1) is 0 Å². The van der Waals surface area contributed by atoms with E-state index in [1.54, 1.807) is 31.2 Å². The van der Waals surface area contributed by atoms with Crippen LogP contribution in [0.5, 0.6) is 0 Å². The summed E-state index contributed by atoms with van der Waals surface area (Å²) in [6.45, 7) is 3.51. The lowest BCUT2D eigenvalue weighted by molar-refractivity contribution is -0.145. The normalized spacial score (nSPS) is 13.3. The van der Waals surface area contributed by atoms with Crippen LogP contribution in [0, 0.1) is 0 Å². The summed E-state index contributed by atoms with van der Waals surface area (Å²) in [5.74, 6) is -1.33. The fourth-order valence-corrected chi connectivity index (χ4v) is 2.51. The van der Waals surface area contributed by atoms with E-state index in [1.165, 1.54) is 6.39 Å². The minimum absolute atomic E-state index is 0.0977. The van der Waals surface area contributed by atoms with Gasteiger partial charge in [0, 0.05) is 11.4 Å². The minimum Gasteiger partial charge on any atom is -0.479 e. The van der Waals surface area contributed by atoms with Crippen LogP contribution < -0.4 is 5.32 Å². The summed E-state index contributed by atoms with van der Waals surface area (Å²) in [6, 6.07) is 6.35. The predicted octanol–water partition coefficient (Wildman–Crippen LogP) is 3.01. The van der Waals surface area contributed by atoms with Crippen molar-refractivity contribution in [2.75, 3.05) is 0 Å². The van der Waals surface area contributed by atoms with Gasteiger partial charge in [-0.2, -0.15) is 0 Å². The van der Waals surface area contributed by atoms with Crippen molar-refractivity contribution in [3.05, 3.63) is 52.7 Å². The van der Waals surface area contributed by atoms with E-state index >= 15 is 0 Å². The number of aliphatic carboxylic acids is 1. The van der Waals surface area contributed by atoms with Crippen LogP contribution in [0.25, 0.3) is 0 Å². The Labute approximate surface area is 138 Å². The molecule has 1 heterocycles. The summed E-state index contributed by atoms with van der Waals surface area (Å²) in [5, 5.41) is 12.8. The number of hydrogen-bond acceptors (Lipinski definition) is 4. The molecule has 1 atom stereocenters. The highest BCUT2D eigenvalue weighted by molar-refractivity contribution is 6.30. The fourth-order valence-electron chi connectivity index (χ4n) is 2.39. The third-order valence-corrected chi connectivity index (χ3v) is 3.99. The predicted molar refractivity (Wildman–Crippen MR) is 84.4 cm³/mol. The molecular formula is C16H17ClN2O4. The molecule has 2 rings (SSSR count). The number of nitrogens with zero attached hydrogens (tertiary/aromatic N) is 1. The van der Waals surface area contributed by atoms with Crippen molar-refractivity contribution < 1.29 is 19.1 Å². The van der Waals surface area contributed by atoms with Gasteiger partial charge in [-0.1, -0.05) is 37.6 Å². The molecule has 7 heteroatoms. The Bertz CT molecular complexity index is 711. The molecular weight excluding hydrogens is 320 g/mol. The molecule has 0 saturated heterocycles. The zero-order valence-corrected chi connectivity index (χ0v) is 13.6. The highest BCUT2D eigenvalue weighted by Crippen LogP contribution is 2.27. The molecule has 0 radical (unpaired) electrons. The summed E-state index contributed by atoms with van der Waals surface area (Å²) in [7, 11) is 0. The second-order valence-electron chi connectivity index (χ2n) is 5.00. The Balaban J connectivity index is 2.41. The number of benzene rings is 1. The number of nitrogens with one attached hydrogen (secondary N) is 1. The molecule has 6 nitrogen and oxygen atoms in total. The number of halogens is 1. The summed E-state index contributed by atoms with van der Waals surface area (Å²) in [6.07, 6.45) is 1.81. The lowest BCUT2D eigenvalue weighted by Crippen LogP contribution is -2.51. The third kappa shape index (κ3) is 3.22. The minimum atomic E-state index is -1.56. The second-order valence-corrected chi connectivity index (χ2v) is 5.44. The van der Waals surface area contributed by atoms with Gasteiger partial charge in [0.1, 0.15) is 5.76 Å². The molecule has 1 aromatic carbocycles. The number of aromatic nitrogens is 1. The van der Waals surface area contributed by atoms with Crippen molar-refractivity contribution in [2.45, 2.75) is 32.2 Å². The van der Waals surface area contributed by atoms with Gasteiger partial charge in [0.2, 0.25) is 0 Å². The molecule has 0 aliphatic heterocycles. The molecule has 1 unspecified atom stereocenters. The van der Waals surface area contributed by atoms with Crippen LogP contribution in [0.4, 0.5) is 0 Å². The Morgan fingerprint density at radius 1 is 1.30 bits per heavy atom. The maximum absolute atomic E-state index is 12.5. The van der Waals surface area contributed by atoms with E-state index in [4.69, 9.17) is 16.0 Å². The van der Waals surface area contributed by atoms with Crippen molar-refractivity contribution in [1.29, 1.82) is 0 Å². The average molecular weight is 337 g/mol. The number of oxazole rings is 1. The number of carbonyl (C=O) groups is 2. The van der Waals surface area contributed by atoms with Crippen LogP contribution in [0.2, 0.25) is 5.02 Å². The lowest BCUT2D eigenvalue weighted by Gasteiger charge is -2.29. The Morgan fingerprint density at radius 2 is 1.96 bits per heavy atom. The van der Waals surface area contributed by atoms with Gasteiger partial charge < -0.3 is 14.8 Å². The van der Waals surface area contributed by atoms with Gasteiger partial charge >= 0.3 is 5.97 Å². The van der Waals surface area contributed by atoms with Crippen molar-refractivity contribution in [3.63, 3.8) is 0 Å². The molecule has 23 heavy (non-hydrogen) atoms. The summed E-state index contributed by atoms with van der Waals surface area (Å²) in [4.78, 5) is 28.3. The first-order chi connectivity index (χ1) is 10.9. The van der Waals surface area contributed by atoms with Crippen LogP contribution in [0.15, 0.2) is 35.1 Å². The Hall–Kier alpha value is -2.34. The molecule has 0 saturated carbocycles. The largest absolute Gasteiger partial charge is 0.479 e. The van der Waals surface area contributed by atoms with E-state index in [2.05, 4.69) is 10.3 Å². The number of carboxylic acids is 1. The molecule has 1 amide bonds. The first-order valence-electron chi connectivity index (χ1n) is 7.19. The van der Waals surface area contributed by atoms with E-state index in [0.717, 1.165) is 0 Å². The van der Waals surface area contributed by atoms with Crippen LogP contribution in [0.3, 0.4) is 0 Å². The van der Waals surface area contributed by atoms with E-state index in [-0.39, 0.29) is 12.1 Å². The number of amides is 1. The summed E-state index contributed by atoms with van der Waals surface area (Å²) >= 11 is 5.85.